The Balaban J connectivity index is 4.61. The second kappa shape index (κ2) is 45.6. The van der Waals surface area contributed by atoms with E-state index in [1.54, 1.807) is 0 Å². The molecule has 0 aliphatic heterocycles. The molecule has 0 aromatic carbocycles. The van der Waals surface area contributed by atoms with Crippen molar-refractivity contribution >= 4 is 11.9 Å². The zero-order valence-electron chi connectivity index (χ0n) is 38.2. The predicted molar refractivity (Wildman–Crippen MR) is 250 cm³/mol. The summed E-state index contributed by atoms with van der Waals surface area (Å²) in [6.07, 6.45) is 55.6. The molecule has 0 saturated carbocycles. The molecule has 0 aliphatic rings. The number of allylic oxidation sites excluding steroid dienone is 10. The summed E-state index contributed by atoms with van der Waals surface area (Å²) in [5, 5.41) is 23.7. The third kappa shape index (κ3) is 40.3. The van der Waals surface area contributed by atoms with Gasteiger partial charge in [-0.25, -0.2) is 0 Å². The molecule has 58 heavy (non-hydrogen) atoms. The highest BCUT2D eigenvalue weighted by Crippen LogP contribution is 2.17. The molecular weight excluding hydrogens is 719 g/mol. The third-order valence-electron chi connectivity index (χ3n) is 10.9. The van der Waals surface area contributed by atoms with Gasteiger partial charge in [-0.2, -0.15) is 0 Å². The minimum atomic E-state index is -0.800. The minimum Gasteiger partial charge on any atom is -0.462 e. The number of nitrogens with one attached hydrogen (secondary N) is 1. The SMILES string of the molecule is CC/C=C/C=C/C=C/C=C\CCCCCC(CC(=O)NC(CO)C(O)CCCCCCCCCCCCCCCCC)OC(=O)CCCCCCC/C=C\CCCC. The lowest BCUT2D eigenvalue weighted by molar-refractivity contribution is -0.151. The summed E-state index contributed by atoms with van der Waals surface area (Å²) in [5.41, 5.74) is 0. The van der Waals surface area contributed by atoms with Crippen LogP contribution in [0.15, 0.2) is 60.8 Å². The largest absolute Gasteiger partial charge is 0.462 e. The maximum atomic E-state index is 13.2. The van der Waals surface area contributed by atoms with Crippen molar-refractivity contribution in [1.29, 1.82) is 0 Å². The van der Waals surface area contributed by atoms with Gasteiger partial charge >= 0.3 is 5.97 Å². The van der Waals surface area contributed by atoms with Gasteiger partial charge in [0.25, 0.3) is 0 Å². The van der Waals surface area contributed by atoms with E-state index in [4.69, 9.17) is 4.74 Å². The topological polar surface area (TPSA) is 95.9 Å². The van der Waals surface area contributed by atoms with Crippen LogP contribution >= 0.6 is 0 Å². The molecule has 6 nitrogen and oxygen atoms in total. The van der Waals surface area contributed by atoms with Crippen molar-refractivity contribution in [3.05, 3.63) is 60.8 Å². The van der Waals surface area contributed by atoms with E-state index < -0.39 is 18.2 Å². The van der Waals surface area contributed by atoms with Gasteiger partial charge in [-0.15, -0.1) is 0 Å². The lowest BCUT2D eigenvalue weighted by Crippen LogP contribution is -2.46. The predicted octanol–water partition coefficient (Wildman–Crippen LogP) is 14.5. The van der Waals surface area contributed by atoms with Crippen molar-refractivity contribution in [2.24, 2.45) is 0 Å². The number of amides is 1. The fourth-order valence-corrected chi connectivity index (χ4v) is 7.19. The Hall–Kier alpha value is -2.44. The number of rotatable bonds is 43. The van der Waals surface area contributed by atoms with Gasteiger partial charge in [0, 0.05) is 6.42 Å². The summed E-state index contributed by atoms with van der Waals surface area (Å²) in [5.74, 6) is -0.525. The van der Waals surface area contributed by atoms with Crippen LogP contribution in [-0.2, 0) is 14.3 Å². The highest BCUT2D eigenvalue weighted by atomic mass is 16.5. The molecule has 3 unspecified atom stereocenters. The first-order valence-corrected chi connectivity index (χ1v) is 24.6. The molecule has 0 bridgehead atoms. The summed E-state index contributed by atoms with van der Waals surface area (Å²) in [7, 11) is 0. The minimum absolute atomic E-state index is 0.0470. The fraction of sp³-hybridized carbons (Fsp3) is 0.769. The molecule has 3 atom stereocenters. The van der Waals surface area contributed by atoms with Gasteiger partial charge in [-0.1, -0.05) is 216 Å². The highest BCUT2D eigenvalue weighted by Gasteiger charge is 2.24. The lowest BCUT2D eigenvalue weighted by Gasteiger charge is -2.24. The Morgan fingerprint density at radius 1 is 0.517 bits per heavy atom. The normalized spacial score (nSPS) is 13.8. The fourth-order valence-electron chi connectivity index (χ4n) is 7.19. The zero-order valence-corrected chi connectivity index (χ0v) is 38.2. The molecule has 0 rings (SSSR count). The van der Waals surface area contributed by atoms with Crippen LogP contribution in [0.2, 0.25) is 0 Å². The first-order valence-electron chi connectivity index (χ1n) is 24.6. The number of hydrogen-bond acceptors (Lipinski definition) is 5. The number of carbonyl (C=O) groups is 2. The number of esters is 1. The summed E-state index contributed by atoms with van der Waals surface area (Å²) in [6.45, 7) is 6.29. The number of aliphatic hydroxyl groups excluding tert-OH is 2. The highest BCUT2D eigenvalue weighted by molar-refractivity contribution is 5.77. The number of unbranched alkanes of at least 4 members (excludes halogenated alkanes) is 24. The van der Waals surface area contributed by atoms with Gasteiger partial charge in [0.1, 0.15) is 6.10 Å². The van der Waals surface area contributed by atoms with Crippen molar-refractivity contribution in [3.8, 4) is 0 Å². The molecular formula is C52H93NO5. The number of ether oxygens (including phenoxy) is 1. The molecule has 0 aliphatic carbocycles. The molecule has 3 N–H and O–H groups in total. The molecule has 336 valence electrons. The van der Waals surface area contributed by atoms with E-state index in [2.05, 4.69) is 62.5 Å². The molecule has 0 heterocycles. The Morgan fingerprint density at radius 3 is 1.53 bits per heavy atom. The van der Waals surface area contributed by atoms with Gasteiger partial charge in [0.05, 0.1) is 25.2 Å². The molecule has 0 spiro atoms. The van der Waals surface area contributed by atoms with E-state index in [1.165, 1.54) is 109 Å². The molecule has 0 radical (unpaired) electrons. The van der Waals surface area contributed by atoms with Gasteiger partial charge in [-0.3, -0.25) is 9.59 Å². The van der Waals surface area contributed by atoms with E-state index in [9.17, 15) is 19.8 Å². The van der Waals surface area contributed by atoms with Crippen LogP contribution < -0.4 is 5.32 Å². The van der Waals surface area contributed by atoms with Crippen LogP contribution in [0.25, 0.3) is 0 Å². The van der Waals surface area contributed by atoms with Crippen molar-refractivity contribution < 1.29 is 24.5 Å². The molecule has 6 heteroatoms. The Bertz CT molecular complexity index is 1050. The second-order valence-electron chi connectivity index (χ2n) is 16.6. The molecule has 0 aromatic heterocycles. The van der Waals surface area contributed by atoms with E-state index >= 15 is 0 Å². The van der Waals surface area contributed by atoms with Gasteiger partial charge in [0.2, 0.25) is 5.91 Å². The lowest BCUT2D eigenvalue weighted by atomic mass is 10.0. The molecule has 0 fully saturated rings. The van der Waals surface area contributed by atoms with Crippen molar-refractivity contribution in [2.45, 2.75) is 251 Å². The molecule has 0 saturated heterocycles. The Kier molecular flexibility index (Phi) is 43.7. The average Bonchev–Trinajstić information content (AvgIpc) is 3.22. The Morgan fingerprint density at radius 2 is 0.966 bits per heavy atom. The third-order valence-corrected chi connectivity index (χ3v) is 10.9. The maximum Gasteiger partial charge on any atom is 0.306 e. The average molecular weight is 812 g/mol. The summed E-state index contributed by atoms with van der Waals surface area (Å²) in [6, 6.07) is -0.716. The standard InChI is InChI=1S/C52H93NO5/c1-4-7-10-13-16-19-22-24-25-27-30-32-35-38-41-44-50(55)49(47-54)53-51(56)46-48(43-40-37-34-31-29-26-23-20-17-14-11-8-5-2)58-52(57)45-42-39-36-33-28-21-18-15-12-9-6-3/h8,11,14-15,17-18,20,23,26,29,48-50,54-55H,4-7,9-10,12-13,16,19,21-22,24-25,27-28,30-47H2,1-3H3,(H,53,56)/b11-8+,17-14+,18-15-,23-20+,29-26-. The van der Waals surface area contributed by atoms with Crippen LogP contribution in [-0.4, -0.2) is 46.9 Å². The molecule has 1 amide bonds. The smallest absolute Gasteiger partial charge is 0.306 e. The van der Waals surface area contributed by atoms with Crippen LogP contribution in [0.3, 0.4) is 0 Å². The van der Waals surface area contributed by atoms with Crippen LogP contribution in [0.5, 0.6) is 0 Å². The summed E-state index contributed by atoms with van der Waals surface area (Å²) < 4.78 is 5.89. The number of hydrogen-bond donors (Lipinski definition) is 3. The van der Waals surface area contributed by atoms with Crippen molar-refractivity contribution in [2.75, 3.05) is 6.61 Å². The van der Waals surface area contributed by atoms with E-state index in [0.717, 1.165) is 77.0 Å². The quantitative estimate of drug-likeness (QED) is 0.0247. The maximum absolute atomic E-state index is 13.2. The number of aliphatic hydroxyl groups is 2. The molecule has 0 aromatic rings. The number of carbonyl (C=O) groups excluding carboxylic acids is 2. The van der Waals surface area contributed by atoms with Gasteiger partial charge < -0.3 is 20.3 Å². The van der Waals surface area contributed by atoms with E-state index in [0.29, 0.717) is 19.3 Å². The van der Waals surface area contributed by atoms with E-state index in [1.807, 2.05) is 24.3 Å². The van der Waals surface area contributed by atoms with E-state index in [-0.39, 0.29) is 24.9 Å². The van der Waals surface area contributed by atoms with Crippen molar-refractivity contribution in [3.63, 3.8) is 0 Å². The zero-order chi connectivity index (χ0) is 42.4. The Labute approximate surface area is 358 Å². The van der Waals surface area contributed by atoms with Gasteiger partial charge in [0.15, 0.2) is 0 Å². The van der Waals surface area contributed by atoms with Crippen LogP contribution in [0, 0.1) is 0 Å². The van der Waals surface area contributed by atoms with Crippen LogP contribution in [0.1, 0.15) is 233 Å². The summed E-state index contributed by atoms with van der Waals surface area (Å²) >= 11 is 0. The monoisotopic (exact) mass is 812 g/mol. The second-order valence-corrected chi connectivity index (χ2v) is 16.6. The van der Waals surface area contributed by atoms with Crippen LogP contribution in [0.4, 0.5) is 0 Å². The van der Waals surface area contributed by atoms with Gasteiger partial charge in [-0.05, 0) is 64.2 Å². The van der Waals surface area contributed by atoms with Crippen molar-refractivity contribution in [1.82, 2.24) is 5.32 Å². The first kappa shape index (κ1) is 55.6. The summed E-state index contributed by atoms with van der Waals surface area (Å²) in [4.78, 5) is 26.0. The first-order chi connectivity index (χ1) is 28.5.